The van der Waals surface area contributed by atoms with E-state index in [1.807, 2.05) is 18.2 Å². The summed E-state index contributed by atoms with van der Waals surface area (Å²) >= 11 is 2.55. The number of hydrogen-bond acceptors (Lipinski definition) is 4. The molecule has 0 aliphatic carbocycles. The Morgan fingerprint density at radius 2 is 1.74 bits per heavy atom. The minimum absolute atomic E-state index is 0.313. The summed E-state index contributed by atoms with van der Waals surface area (Å²) in [6.07, 6.45) is 1.77. The molecule has 2 aromatic carbocycles. The van der Waals surface area contributed by atoms with Gasteiger partial charge < -0.3 is 0 Å². The van der Waals surface area contributed by atoms with Gasteiger partial charge in [0.05, 0.1) is 4.91 Å². The molecule has 0 radical (unpaired) electrons. The molecule has 1 aliphatic heterocycles. The second kappa shape index (κ2) is 5.68. The van der Waals surface area contributed by atoms with Gasteiger partial charge in [0, 0.05) is 9.75 Å². The topological polar surface area (TPSA) is 46.2 Å². The first-order chi connectivity index (χ1) is 11.2. The van der Waals surface area contributed by atoms with Crippen molar-refractivity contribution in [3.8, 4) is 10.4 Å². The molecule has 3 aromatic rings. The first kappa shape index (κ1) is 14.2. The van der Waals surface area contributed by atoms with Gasteiger partial charge in [0.2, 0.25) is 0 Å². The van der Waals surface area contributed by atoms with E-state index in [1.54, 1.807) is 17.4 Å². The Balaban J connectivity index is 1.74. The quantitative estimate of drug-likeness (QED) is 0.677. The summed E-state index contributed by atoms with van der Waals surface area (Å²) in [6.45, 7) is 0. The molecule has 3 nitrogen and oxygen atoms in total. The van der Waals surface area contributed by atoms with Crippen molar-refractivity contribution in [2.75, 3.05) is 0 Å². The van der Waals surface area contributed by atoms with Gasteiger partial charge in [-0.05, 0) is 46.3 Å². The van der Waals surface area contributed by atoms with Crippen LogP contribution in [0, 0.1) is 0 Å². The zero-order chi connectivity index (χ0) is 15.8. The SMILES string of the molecule is O=C1NC(=O)C(=Cc2ccc(-c3cccc4ccccc34)s2)S1. The molecule has 1 N–H and O–H groups in total. The second-order valence-corrected chi connectivity index (χ2v) is 7.21. The van der Waals surface area contributed by atoms with Crippen LogP contribution in [0.3, 0.4) is 0 Å². The van der Waals surface area contributed by atoms with E-state index < -0.39 is 0 Å². The number of rotatable bonds is 2. The third kappa shape index (κ3) is 2.69. The van der Waals surface area contributed by atoms with Crippen molar-refractivity contribution in [1.82, 2.24) is 5.32 Å². The Hall–Kier alpha value is -2.37. The standard InChI is InChI=1S/C18H11NO2S2/c20-17-16(23-18(21)19-17)10-12-8-9-15(22-12)14-7-3-5-11-4-1-2-6-13(11)14/h1-10H,(H,19,20,21). The average Bonchev–Trinajstić information content (AvgIpc) is 3.14. The molecular formula is C18H11NO2S2. The smallest absolute Gasteiger partial charge is 0.282 e. The third-order valence-corrected chi connectivity index (χ3v) is 5.47. The highest BCUT2D eigenvalue weighted by Crippen LogP contribution is 2.35. The third-order valence-electron chi connectivity index (χ3n) is 3.60. The molecule has 23 heavy (non-hydrogen) atoms. The molecule has 1 fully saturated rings. The van der Waals surface area contributed by atoms with Crippen LogP contribution in [0.4, 0.5) is 4.79 Å². The molecule has 112 valence electrons. The Kier molecular flexibility index (Phi) is 3.52. The monoisotopic (exact) mass is 337 g/mol. The maximum atomic E-state index is 11.6. The van der Waals surface area contributed by atoms with Crippen LogP contribution in [-0.4, -0.2) is 11.1 Å². The summed E-state index contributed by atoms with van der Waals surface area (Å²) in [5.74, 6) is -0.319. The zero-order valence-corrected chi connectivity index (χ0v) is 13.5. The number of fused-ring (bicyclic) bond motifs is 1. The number of nitrogens with one attached hydrogen (secondary N) is 1. The molecule has 1 aromatic heterocycles. The number of thioether (sulfide) groups is 1. The van der Waals surface area contributed by atoms with Crippen LogP contribution in [0.25, 0.3) is 27.3 Å². The van der Waals surface area contributed by atoms with Gasteiger partial charge in [-0.25, -0.2) is 0 Å². The number of thiophene rings is 1. The Morgan fingerprint density at radius 3 is 2.57 bits per heavy atom. The number of carbonyl (C=O) groups is 2. The molecule has 0 atom stereocenters. The van der Waals surface area contributed by atoms with E-state index in [-0.39, 0.29) is 11.1 Å². The van der Waals surface area contributed by atoms with Gasteiger partial charge in [0.1, 0.15) is 0 Å². The lowest BCUT2D eigenvalue weighted by Gasteiger charge is -2.03. The van der Waals surface area contributed by atoms with Crippen LogP contribution in [0.5, 0.6) is 0 Å². The fourth-order valence-electron chi connectivity index (χ4n) is 2.57. The van der Waals surface area contributed by atoms with Gasteiger partial charge in [0.15, 0.2) is 0 Å². The maximum absolute atomic E-state index is 11.6. The van der Waals surface area contributed by atoms with Crippen molar-refractivity contribution in [2.45, 2.75) is 0 Å². The van der Waals surface area contributed by atoms with E-state index in [0.29, 0.717) is 4.91 Å². The largest absolute Gasteiger partial charge is 0.290 e. The van der Waals surface area contributed by atoms with E-state index in [1.165, 1.54) is 16.3 Å². The van der Waals surface area contributed by atoms with Crippen molar-refractivity contribution in [1.29, 1.82) is 0 Å². The number of carbonyl (C=O) groups excluding carboxylic acids is 2. The van der Waals surface area contributed by atoms with E-state index >= 15 is 0 Å². The molecule has 2 amide bonds. The molecule has 1 aliphatic rings. The van der Waals surface area contributed by atoms with E-state index in [2.05, 4.69) is 41.7 Å². The summed E-state index contributed by atoms with van der Waals surface area (Å²) < 4.78 is 0. The summed E-state index contributed by atoms with van der Waals surface area (Å²) in [4.78, 5) is 25.4. The highest BCUT2D eigenvalue weighted by atomic mass is 32.2. The number of imide groups is 1. The van der Waals surface area contributed by atoms with Gasteiger partial charge in [-0.3, -0.25) is 14.9 Å². The summed E-state index contributed by atoms with van der Waals surface area (Å²) in [6, 6.07) is 18.6. The molecule has 1 saturated heterocycles. The van der Waals surface area contributed by atoms with Crippen molar-refractivity contribution >= 4 is 51.1 Å². The zero-order valence-electron chi connectivity index (χ0n) is 11.9. The highest BCUT2D eigenvalue weighted by molar-refractivity contribution is 8.18. The van der Waals surface area contributed by atoms with Crippen LogP contribution in [0.1, 0.15) is 4.88 Å². The average molecular weight is 337 g/mol. The summed E-state index contributed by atoms with van der Waals surface area (Å²) in [5.41, 5.74) is 1.18. The van der Waals surface area contributed by atoms with Crippen LogP contribution < -0.4 is 5.32 Å². The van der Waals surface area contributed by atoms with Crippen molar-refractivity contribution in [3.05, 3.63) is 64.4 Å². The van der Waals surface area contributed by atoms with Crippen molar-refractivity contribution in [3.63, 3.8) is 0 Å². The first-order valence-electron chi connectivity index (χ1n) is 7.03. The molecular weight excluding hydrogens is 326 g/mol. The maximum Gasteiger partial charge on any atom is 0.290 e. The minimum atomic E-state index is -0.319. The minimum Gasteiger partial charge on any atom is -0.282 e. The Bertz CT molecular complexity index is 967. The van der Waals surface area contributed by atoms with Gasteiger partial charge in [-0.15, -0.1) is 11.3 Å². The fourth-order valence-corrected chi connectivity index (χ4v) is 4.30. The number of amides is 2. The molecule has 0 saturated carbocycles. The van der Waals surface area contributed by atoms with Crippen LogP contribution in [0.15, 0.2) is 59.5 Å². The lowest BCUT2D eigenvalue weighted by molar-refractivity contribution is -0.115. The molecule has 0 unspecified atom stereocenters. The highest BCUT2D eigenvalue weighted by Gasteiger charge is 2.25. The van der Waals surface area contributed by atoms with E-state index in [0.717, 1.165) is 21.5 Å². The van der Waals surface area contributed by atoms with Crippen molar-refractivity contribution < 1.29 is 9.59 Å². The predicted octanol–water partition coefficient (Wildman–Crippen LogP) is 4.89. The molecule has 5 heteroatoms. The van der Waals surface area contributed by atoms with Crippen LogP contribution in [0.2, 0.25) is 0 Å². The Labute approximate surface area is 141 Å². The Morgan fingerprint density at radius 1 is 0.913 bits per heavy atom. The van der Waals surface area contributed by atoms with E-state index in [9.17, 15) is 9.59 Å². The lowest BCUT2D eigenvalue weighted by Crippen LogP contribution is -2.17. The van der Waals surface area contributed by atoms with Gasteiger partial charge >= 0.3 is 0 Å². The molecule has 0 spiro atoms. The molecule has 4 rings (SSSR count). The van der Waals surface area contributed by atoms with E-state index in [4.69, 9.17) is 0 Å². The first-order valence-corrected chi connectivity index (χ1v) is 8.67. The number of hydrogen-bond donors (Lipinski definition) is 1. The lowest BCUT2D eigenvalue weighted by atomic mass is 10.0. The molecule has 2 heterocycles. The van der Waals surface area contributed by atoms with Crippen LogP contribution >= 0.6 is 23.1 Å². The second-order valence-electron chi connectivity index (χ2n) is 5.08. The van der Waals surface area contributed by atoms with Gasteiger partial charge in [-0.2, -0.15) is 0 Å². The summed E-state index contributed by atoms with van der Waals surface area (Å²) in [7, 11) is 0. The van der Waals surface area contributed by atoms with Gasteiger partial charge in [-0.1, -0.05) is 42.5 Å². The summed E-state index contributed by atoms with van der Waals surface area (Å²) in [5, 5.41) is 4.37. The molecule has 0 bridgehead atoms. The van der Waals surface area contributed by atoms with Crippen molar-refractivity contribution in [2.24, 2.45) is 0 Å². The van der Waals surface area contributed by atoms with Crippen LogP contribution in [-0.2, 0) is 4.79 Å². The predicted molar refractivity (Wildman–Crippen MR) is 96.4 cm³/mol. The fraction of sp³-hybridized carbons (Fsp3) is 0. The number of benzene rings is 2. The van der Waals surface area contributed by atoms with Gasteiger partial charge in [0.25, 0.3) is 11.1 Å². The normalized spacial score (nSPS) is 16.3.